The average molecular weight is 457 g/mol. The third-order valence-corrected chi connectivity index (χ3v) is 5.85. The van der Waals surface area contributed by atoms with Crippen LogP contribution in [0.4, 0.5) is 0 Å². The molecule has 4 aromatic rings. The third-order valence-electron chi connectivity index (χ3n) is 5.85. The highest BCUT2D eigenvalue weighted by molar-refractivity contribution is 5.94. The van der Waals surface area contributed by atoms with Gasteiger partial charge < -0.3 is 14.4 Å². The van der Waals surface area contributed by atoms with E-state index in [1.807, 2.05) is 47.4 Å². The maximum atomic E-state index is 13.3. The van der Waals surface area contributed by atoms with Gasteiger partial charge in [0.25, 0.3) is 5.91 Å². The van der Waals surface area contributed by atoms with Gasteiger partial charge >= 0.3 is 0 Å². The average Bonchev–Trinajstić information content (AvgIpc) is 3.44. The van der Waals surface area contributed by atoms with E-state index in [-0.39, 0.29) is 11.8 Å². The Morgan fingerprint density at radius 2 is 1.79 bits per heavy atom. The summed E-state index contributed by atoms with van der Waals surface area (Å²) in [7, 11) is 1.61. The lowest BCUT2D eigenvalue weighted by atomic mass is 9.94. The molecule has 3 heterocycles. The van der Waals surface area contributed by atoms with E-state index in [1.54, 1.807) is 42.8 Å². The lowest BCUT2D eigenvalue weighted by Crippen LogP contribution is -2.39. The third kappa shape index (κ3) is 4.59. The van der Waals surface area contributed by atoms with Gasteiger partial charge in [-0.3, -0.25) is 14.3 Å². The summed E-state index contributed by atoms with van der Waals surface area (Å²) in [6.45, 7) is 1.24. The summed E-state index contributed by atoms with van der Waals surface area (Å²) in [5.41, 5.74) is 2.22. The van der Waals surface area contributed by atoms with Crippen LogP contribution in [0.5, 0.6) is 17.4 Å². The predicted octanol–water partition coefficient (Wildman–Crippen LogP) is 3.88. The van der Waals surface area contributed by atoms with Crippen LogP contribution < -0.4 is 9.47 Å². The first kappa shape index (κ1) is 21.6. The van der Waals surface area contributed by atoms with Crippen molar-refractivity contribution in [2.75, 3.05) is 20.2 Å². The fourth-order valence-electron chi connectivity index (χ4n) is 4.17. The number of nitrogens with zero attached hydrogens (tertiary/aromatic N) is 6. The summed E-state index contributed by atoms with van der Waals surface area (Å²) in [6.07, 6.45) is 8.27. The summed E-state index contributed by atoms with van der Waals surface area (Å²) in [5, 5.41) is 7.68. The van der Waals surface area contributed by atoms with Crippen molar-refractivity contribution in [2.45, 2.75) is 18.8 Å². The van der Waals surface area contributed by atoms with E-state index in [9.17, 15) is 4.79 Å². The van der Waals surface area contributed by atoms with Crippen LogP contribution in [0.15, 0.2) is 73.6 Å². The van der Waals surface area contributed by atoms with E-state index in [0.29, 0.717) is 36.0 Å². The van der Waals surface area contributed by atoms with Crippen LogP contribution in [-0.2, 0) is 0 Å². The Kier molecular flexibility index (Phi) is 6.15. The van der Waals surface area contributed by atoms with Gasteiger partial charge in [-0.25, -0.2) is 4.98 Å². The molecule has 0 bridgehead atoms. The summed E-state index contributed by atoms with van der Waals surface area (Å²) in [4.78, 5) is 24.2. The first-order valence-corrected chi connectivity index (χ1v) is 11.1. The van der Waals surface area contributed by atoms with Gasteiger partial charge in [0.2, 0.25) is 5.88 Å². The maximum Gasteiger partial charge on any atom is 0.253 e. The Morgan fingerprint density at radius 3 is 2.65 bits per heavy atom. The standard InChI is InChI=1S/C25H24N6O3/c1-33-21-8-3-9-22(14-21)34-24-23(26-10-11-27-24)19-6-4-12-30(15-19)25(32)18-5-2-7-20(13-18)31-16-28-29-17-31/h2-3,5,7-11,13-14,16-17,19H,4,6,12,15H2,1H3/t19-/m0/s1. The quantitative estimate of drug-likeness (QED) is 0.434. The monoisotopic (exact) mass is 456 g/mol. The number of hydrogen-bond donors (Lipinski definition) is 0. The van der Waals surface area contributed by atoms with E-state index in [1.165, 1.54) is 0 Å². The second-order valence-electron chi connectivity index (χ2n) is 8.04. The Labute approximate surface area is 197 Å². The lowest BCUT2D eigenvalue weighted by molar-refractivity contribution is 0.0704. The number of rotatable bonds is 6. The van der Waals surface area contributed by atoms with Crippen LogP contribution in [0.1, 0.15) is 34.8 Å². The van der Waals surface area contributed by atoms with E-state index < -0.39 is 0 Å². The van der Waals surface area contributed by atoms with Crippen LogP contribution in [0, 0.1) is 0 Å². The molecule has 1 aliphatic rings. The molecule has 2 aromatic carbocycles. The molecular formula is C25H24N6O3. The van der Waals surface area contributed by atoms with Gasteiger partial charge in [0.1, 0.15) is 29.8 Å². The van der Waals surface area contributed by atoms with Crippen molar-refractivity contribution in [1.29, 1.82) is 0 Å². The maximum absolute atomic E-state index is 13.3. The molecule has 9 nitrogen and oxygen atoms in total. The highest BCUT2D eigenvalue weighted by Crippen LogP contribution is 2.34. The molecule has 5 rings (SSSR count). The van der Waals surface area contributed by atoms with Crippen molar-refractivity contribution < 1.29 is 14.3 Å². The highest BCUT2D eigenvalue weighted by atomic mass is 16.5. The Balaban J connectivity index is 1.35. The second kappa shape index (κ2) is 9.70. The van der Waals surface area contributed by atoms with E-state index >= 15 is 0 Å². The molecule has 0 radical (unpaired) electrons. The molecule has 0 saturated carbocycles. The zero-order valence-electron chi connectivity index (χ0n) is 18.7. The molecule has 2 aromatic heterocycles. The van der Waals surface area contributed by atoms with E-state index in [4.69, 9.17) is 9.47 Å². The van der Waals surface area contributed by atoms with Gasteiger partial charge in [-0.2, -0.15) is 0 Å². The van der Waals surface area contributed by atoms with Crippen molar-refractivity contribution in [2.24, 2.45) is 0 Å². The minimum absolute atomic E-state index is 0.0150. The van der Waals surface area contributed by atoms with Crippen molar-refractivity contribution in [3.8, 4) is 23.1 Å². The summed E-state index contributed by atoms with van der Waals surface area (Å²) < 4.78 is 13.1. The SMILES string of the molecule is COc1cccc(Oc2nccnc2[C@H]2CCCN(C(=O)c3cccc(-n4cnnc4)c3)C2)c1. The molecule has 1 saturated heterocycles. The van der Waals surface area contributed by atoms with Crippen molar-refractivity contribution in [3.63, 3.8) is 0 Å². The molecule has 0 spiro atoms. The van der Waals surface area contributed by atoms with Crippen LogP contribution in [-0.4, -0.2) is 55.7 Å². The van der Waals surface area contributed by atoms with Gasteiger partial charge in [-0.05, 0) is 43.2 Å². The van der Waals surface area contributed by atoms with Gasteiger partial charge in [-0.1, -0.05) is 12.1 Å². The molecular weight excluding hydrogens is 432 g/mol. The number of likely N-dealkylation sites (tertiary alicyclic amines) is 1. The van der Waals surface area contributed by atoms with E-state index in [0.717, 1.165) is 24.2 Å². The number of aromatic nitrogens is 5. The van der Waals surface area contributed by atoms with Crippen molar-refractivity contribution in [1.82, 2.24) is 29.6 Å². The minimum atomic E-state index is -0.0150. The highest BCUT2D eigenvalue weighted by Gasteiger charge is 2.29. The number of methoxy groups -OCH3 is 1. The molecule has 1 fully saturated rings. The van der Waals surface area contributed by atoms with Gasteiger partial charge in [-0.15, -0.1) is 10.2 Å². The largest absolute Gasteiger partial charge is 0.497 e. The van der Waals surface area contributed by atoms with Crippen LogP contribution >= 0.6 is 0 Å². The number of carbonyl (C=O) groups excluding carboxylic acids is 1. The fourth-order valence-corrected chi connectivity index (χ4v) is 4.17. The molecule has 172 valence electrons. The first-order valence-electron chi connectivity index (χ1n) is 11.1. The molecule has 0 unspecified atom stereocenters. The lowest BCUT2D eigenvalue weighted by Gasteiger charge is -2.33. The van der Waals surface area contributed by atoms with Crippen LogP contribution in [0.25, 0.3) is 5.69 Å². The molecule has 0 aliphatic carbocycles. The van der Waals surface area contributed by atoms with Crippen molar-refractivity contribution >= 4 is 5.91 Å². The Hall–Kier alpha value is -4.27. The second-order valence-corrected chi connectivity index (χ2v) is 8.04. The first-order chi connectivity index (χ1) is 16.7. The normalized spacial score (nSPS) is 15.7. The molecule has 1 atom stereocenters. The number of ether oxygens (including phenoxy) is 2. The Bertz CT molecular complexity index is 1280. The summed E-state index contributed by atoms with van der Waals surface area (Å²) >= 11 is 0. The van der Waals surface area contributed by atoms with Crippen molar-refractivity contribution in [3.05, 3.63) is 84.8 Å². The molecule has 34 heavy (non-hydrogen) atoms. The number of benzene rings is 2. The van der Waals surface area contributed by atoms with E-state index in [2.05, 4.69) is 20.2 Å². The number of carbonyl (C=O) groups is 1. The Morgan fingerprint density at radius 1 is 1.00 bits per heavy atom. The molecule has 1 amide bonds. The molecule has 1 aliphatic heterocycles. The van der Waals surface area contributed by atoms with Crippen LogP contribution in [0.3, 0.4) is 0 Å². The number of piperidine rings is 1. The van der Waals surface area contributed by atoms with Gasteiger partial charge in [0, 0.05) is 48.7 Å². The summed E-state index contributed by atoms with van der Waals surface area (Å²) in [6, 6.07) is 14.8. The molecule has 0 N–H and O–H groups in total. The van der Waals surface area contributed by atoms with Crippen LogP contribution in [0.2, 0.25) is 0 Å². The zero-order chi connectivity index (χ0) is 23.3. The fraction of sp³-hybridized carbons (Fsp3) is 0.240. The van der Waals surface area contributed by atoms with Gasteiger partial charge in [0.15, 0.2) is 0 Å². The predicted molar refractivity (Wildman–Crippen MR) is 124 cm³/mol. The minimum Gasteiger partial charge on any atom is -0.497 e. The number of amides is 1. The topological polar surface area (TPSA) is 95.3 Å². The smallest absolute Gasteiger partial charge is 0.253 e. The summed E-state index contributed by atoms with van der Waals surface area (Å²) in [5.74, 6) is 1.78. The van der Waals surface area contributed by atoms with Gasteiger partial charge in [0.05, 0.1) is 7.11 Å². The zero-order valence-corrected chi connectivity index (χ0v) is 18.7. The number of hydrogen-bond acceptors (Lipinski definition) is 7. The molecule has 9 heteroatoms.